The predicted molar refractivity (Wildman–Crippen MR) is 151 cm³/mol. The minimum absolute atomic E-state index is 0.0571. The number of piperidine rings is 1. The molecule has 1 aromatic carbocycles. The summed E-state index contributed by atoms with van der Waals surface area (Å²) in [7, 11) is 0. The second kappa shape index (κ2) is 12.9. The van der Waals surface area contributed by atoms with Crippen LogP contribution < -0.4 is 10.6 Å². The van der Waals surface area contributed by atoms with Gasteiger partial charge in [0.25, 0.3) is 5.91 Å². The third-order valence-electron chi connectivity index (χ3n) is 7.45. The SMILES string of the molecule is O=C(NC1NC(c2ccc(Cl)cc2)Cc2c1cnn2C1CCN(C(=O)OCCCC(F)(F)F)CC1)c1ccc([N+](=O)[O-])s1. The molecule has 0 bridgehead atoms. The second-order valence-electron chi connectivity index (χ2n) is 10.3. The standard InChI is InChI=1S/C27H28ClF3N6O5S/c28-17-4-2-16(3-5-17)20-14-21-19(24(33-20)34-25(38)22-6-7-23(43-22)37(40)41)15-32-36(21)18-8-11-35(12-9-18)26(39)42-13-1-10-27(29,30)31/h2-7,15,18,20,24,33H,1,8-14H2,(H,34,38). The number of hydrogen-bond acceptors (Lipinski definition) is 8. The first-order valence-electron chi connectivity index (χ1n) is 13.6. The monoisotopic (exact) mass is 640 g/mol. The smallest absolute Gasteiger partial charge is 0.409 e. The van der Waals surface area contributed by atoms with Crippen LogP contribution in [-0.2, 0) is 11.2 Å². The number of fused-ring (bicyclic) bond motifs is 1. The van der Waals surface area contributed by atoms with Gasteiger partial charge in [-0.15, -0.1) is 0 Å². The summed E-state index contributed by atoms with van der Waals surface area (Å²) in [6.45, 7) is 0.414. The second-order valence-corrected chi connectivity index (χ2v) is 11.8. The van der Waals surface area contributed by atoms with Gasteiger partial charge in [-0.1, -0.05) is 35.1 Å². The highest BCUT2D eigenvalue weighted by molar-refractivity contribution is 7.17. The van der Waals surface area contributed by atoms with E-state index in [0.717, 1.165) is 28.2 Å². The Morgan fingerprint density at radius 1 is 1.19 bits per heavy atom. The number of carbonyl (C=O) groups excluding carboxylic acids is 2. The fraction of sp³-hybridized carbons (Fsp3) is 0.444. The van der Waals surface area contributed by atoms with Crippen LogP contribution in [0.1, 0.15) is 70.4 Å². The van der Waals surface area contributed by atoms with E-state index >= 15 is 0 Å². The number of likely N-dealkylation sites (tertiary alicyclic amines) is 1. The zero-order valence-electron chi connectivity index (χ0n) is 22.7. The van der Waals surface area contributed by atoms with Crippen LogP contribution in [0.2, 0.25) is 5.02 Å². The summed E-state index contributed by atoms with van der Waals surface area (Å²) >= 11 is 6.89. The van der Waals surface area contributed by atoms with Crippen molar-refractivity contribution in [3.05, 3.63) is 79.4 Å². The molecule has 0 aliphatic carbocycles. The number of thiophene rings is 1. The van der Waals surface area contributed by atoms with Crippen molar-refractivity contribution in [2.45, 2.75) is 56.5 Å². The van der Waals surface area contributed by atoms with Gasteiger partial charge in [0, 0.05) is 54.3 Å². The summed E-state index contributed by atoms with van der Waals surface area (Å²) in [5.41, 5.74) is 2.60. The number of benzene rings is 1. The third kappa shape index (κ3) is 7.46. The zero-order valence-corrected chi connectivity index (χ0v) is 24.3. The van der Waals surface area contributed by atoms with E-state index < -0.39 is 35.7 Å². The molecule has 0 saturated carbocycles. The van der Waals surface area contributed by atoms with E-state index in [1.165, 1.54) is 17.0 Å². The first-order chi connectivity index (χ1) is 20.5. The van der Waals surface area contributed by atoms with Crippen molar-refractivity contribution >= 4 is 39.9 Å². The molecule has 11 nitrogen and oxygen atoms in total. The van der Waals surface area contributed by atoms with Crippen molar-refractivity contribution in [2.75, 3.05) is 19.7 Å². The molecule has 5 rings (SSSR count). The molecular weight excluding hydrogens is 613 g/mol. The van der Waals surface area contributed by atoms with Crippen LogP contribution in [0.15, 0.2) is 42.6 Å². The molecule has 4 heterocycles. The molecule has 3 aromatic rings. The van der Waals surface area contributed by atoms with Gasteiger partial charge >= 0.3 is 17.3 Å². The highest BCUT2D eigenvalue weighted by atomic mass is 35.5. The van der Waals surface area contributed by atoms with Crippen LogP contribution in [0.5, 0.6) is 0 Å². The van der Waals surface area contributed by atoms with Gasteiger partial charge in [0.15, 0.2) is 0 Å². The van der Waals surface area contributed by atoms with E-state index in [1.807, 2.05) is 16.8 Å². The number of nitrogens with zero attached hydrogens (tertiary/aromatic N) is 4. The van der Waals surface area contributed by atoms with Crippen LogP contribution in [0.25, 0.3) is 0 Å². The van der Waals surface area contributed by atoms with Crippen LogP contribution in [0, 0.1) is 10.1 Å². The fourth-order valence-electron chi connectivity index (χ4n) is 5.31. The number of nitrogens with one attached hydrogen (secondary N) is 2. The van der Waals surface area contributed by atoms with Gasteiger partial charge < -0.3 is 15.0 Å². The molecule has 230 valence electrons. The Labute approximate surface area is 253 Å². The number of amides is 2. The number of nitro groups is 1. The van der Waals surface area contributed by atoms with Crippen molar-refractivity contribution in [3.8, 4) is 0 Å². The Morgan fingerprint density at radius 3 is 2.56 bits per heavy atom. The van der Waals surface area contributed by atoms with Gasteiger partial charge in [0.05, 0.1) is 28.6 Å². The van der Waals surface area contributed by atoms with Crippen LogP contribution in [0.3, 0.4) is 0 Å². The lowest BCUT2D eigenvalue weighted by Gasteiger charge is -2.35. The van der Waals surface area contributed by atoms with Crippen molar-refractivity contribution in [1.82, 2.24) is 25.3 Å². The first kappa shape index (κ1) is 30.8. The van der Waals surface area contributed by atoms with Gasteiger partial charge in [-0.05, 0) is 43.0 Å². The molecule has 0 spiro atoms. The quantitative estimate of drug-likeness (QED) is 0.177. The van der Waals surface area contributed by atoms with Gasteiger partial charge in [-0.2, -0.15) is 18.3 Å². The van der Waals surface area contributed by atoms with Crippen LogP contribution in [0.4, 0.5) is 23.0 Å². The summed E-state index contributed by atoms with van der Waals surface area (Å²) in [6.07, 6.45) is -3.50. The molecule has 2 aromatic heterocycles. The first-order valence-corrected chi connectivity index (χ1v) is 14.8. The molecule has 16 heteroatoms. The Bertz CT molecular complexity index is 1470. The topological polar surface area (TPSA) is 132 Å². The number of halogens is 4. The van der Waals surface area contributed by atoms with E-state index in [-0.39, 0.29) is 35.0 Å². The molecule has 2 N–H and O–H groups in total. The number of alkyl halides is 3. The Hall–Kier alpha value is -3.69. The molecule has 2 aliphatic heterocycles. The Kier molecular flexibility index (Phi) is 9.22. The Morgan fingerprint density at radius 2 is 1.91 bits per heavy atom. The predicted octanol–water partition coefficient (Wildman–Crippen LogP) is 5.94. The summed E-state index contributed by atoms with van der Waals surface area (Å²) in [4.78, 5) is 37.7. The van der Waals surface area contributed by atoms with Crippen LogP contribution in [-0.4, -0.2) is 57.5 Å². The van der Waals surface area contributed by atoms with Gasteiger partial charge in [0.2, 0.25) is 0 Å². The molecule has 0 radical (unpaired) electrons. The summed E-state index contributed by atoms with van der Waals surface area (Å²) < 4.78 is 44.0. The average molecular weight is 641 g/mol. The molecular formula is C27H28ClF3N6O5S. The lowest BCUT2D eigenvalue weighted by molar-refractivity contribution is -0.380. The number of aromatic nitrogens is 2. The molecule has 1 fully saturated rings. The summed E-state index contributed by atoms with van der Waals surface area (Å²) in [6, 6.07) is 9.78. The maximum atomic E-state index is 13.1. The molecule has 43 heavy (non-hydrogen) atoms. The van der Waals surface area contributed by atoms with E-state index in [9.17, 15) is 32.9 Å². The summed E-state index contributed by atoms with van der Waals surface area (Å²) in [5, 5.41) is 22.6. The average Bonchev–Trinajstić information content (AvgIpc) is 3.64. The molecule has 2 unspecified atom stereocenters. The van der Waals surface area contributed by atoms with Gasteiger partial charge in [-0.3, -0.25) is 24.9 Å². The maximum Gasteiger partial charge on any atom is 0.409 e. The van der Waals surface area contributed by atoms with E-state index in [2.05, 4.69) is 15.7 Å². The fourth-order valence-corrected chi connectivity index (χ4v) is 6.16. The van der Waals surface area contributed by atoms with Crippen LogP contribution >= 0.6 is 22.9 Å². The highest BCUT2D eigenvalue weighted by Gasteiger charge is 2.35. The normalized spacial score (nSPS) is 19.1. The lowest BCUT2D eigenvalue weighted by atomic mass is 9.93. The molecule has 1 saturated heterocycles. The number of ether oxygens (including phenoxy) is 1. The van der Waals surface area contributed by atoms with Crippen molar-refractivity contribution in [2.24, 2.45) is 0 Å². The maximum absolute atomic E-state index is 13.1. The van der Waals surface area contributed by atoms with E-state index in [1.54, 1.807) is 18.3 Å². The lowest BCUT2D eigenvalue weighted by Crippen LogP contribution is -2.44. The van der Waals surface area contributed by atoms with E-state index in [0.29, 0.717) is 37.4 Å². The van der Waals surface area contributed by atoms with Gasteiger partial charge in [0.1, 0.15) is 6.17 Å². The minimum Gasteiger partial charge on any atom is -0.449 e. The van der Waals surface area contributed by atoms with Crippen molar-refractivity contribution < 1.29 is 32.4 Å². The summed E-state index contributed by atoms with van der Waals surface area (Å²) in [5.74, 6) is -0.465. The third-order valence-corrected chi connectivity index (χ3v) is 8.74. The minimum atomic E-state index is -4.29. The van der Waals surface area contributed by atoms with E-state index in [4.69, 9.17) is 16.3 Å². The van der Waals surface area contributed by atoms with Crippen molar-refractivity contribution in [1.29, 1.82) is 0 Å². The molecule has 2 atom stereocenters. The van der Waals surface area contributed by atoms with Crippen molar-refractivity contribution in [3.63, 3.8) is 0 Å². The number of carbonyl (C=O) groups is 2. The zero-order chi connectivity index (χ0) is 30.7. The molecule has 2 aliphatic rings. The number of rotatable bonds is 8. The highest BCUT2D eigenvalue weighted by Crippen LogP contribution is 2.35. The largest absolute Gasteiger partial charge is 0.449 e. The van der Waals surface area contributed by atoms with Gasteiger partial charge in [-0.25, -0.2) is 4.79 Å². The number of hydrogen-bond donors (Lipinski definition) is 2. The molecule has 2 amide bonds. The Balaban J connectivity index is 1.29.